The minimum Gasteiger partial charge on any atom is -0.481 e. The number of aryl methyl sites for hydroxylation is 1. The van der Waals surface area contributed by atoms with Crippen LogP contribution in [-0.4, -0.2) is 23.7 Å². The number of halogens is 1. The molecule has 1 aromatic rings. The number of benzene rings is 1. The summed E-state index contributed by atoms with van der Waals surface area (Å²) in [4.78, 5) is 23.3. The number of carbonyl (C=O) groups is 2. The molecule has 2 amide bonds. The van der Waals surface area contributed by atoms with Crippen molar-refractivity contribution in [2.45, 2.75) is 33.6 Å². The van der Waals surface area contributed by atoms with Crippen molar-refractivity contribution in [3.05, 3.63) is 28.2 Å². The summed E-state index contributed by atoms with van der Waals surface area (Å²) >= 11 is 3.36. The highest BCUT2D eigenvalue weighted by atomic mass is 79.9. The van der Waals surface area contributed by atoms with Crippen LogP contribution in [0.4, 0.5) is 10.5 Å². The third-order valence-electron chi connectivity index (χ3n) is 3.83. The van der Waals surface area contributed by atoms with E-state index in [1.54, 1.807) is 6.07 Å². The van der Waals surface area contributed by atoms with Crippen LogP contribution in [0.1, 0.15) is 32.3 Å². The largest absolute Gasteiger partial charge is 0.481 e. The first-order valence-corrected chi connectivity index (χ1v) is 7.68. The molecule has 0 bridgehead atoms. The number of hydrogen-bond acceptors (Lipinski definition) is 2. The number of anilines is 1. The summed E-state index contributed by atoms with van der Waals surface area (Å²) in [6.07, 6.45) is 0.937. The van der Waals surface area contributed by atoms with Gasteiger partial charge in [-0.2, -0.15) is 0 Å². The molecular weight excluding hydrogens is 336 g/mol. The molecule has 0 aliphatic heterocycles. The van der Waals surface area contributed by atoms with Gasteiger partial charge >= 0.3 is 12.0 Å². The number of carboxylic acid groups (broad SMARTS) is 1. The minimum absolute atomic E-state index is 0.108. The third kappa shape index (κ3) is 4.46. The molecule has 1 rings (SSSR count). The summed E-state index contributed by atoms with van der Waals surface area (Å²) in [5.41, 5.74) is 0.714. The maximum absolute atomic E-state index is 11.9. The van der Waals surface area contributed by atoms with Crippen molar-refractivity contribution in [2.75, 3.05) is 11.9 Å². The van der Waals surface area contributed by atoms with Gasteiger partial charge in [0.05, 0.1) is 5.41 Å². The number of hydrogen-bond donors (Lipinski definition) is 3. The molecule has 0 radical (unpaired) electrons. The maximum atomic E-state index is 11.9. The van der Waals surface area contributed by atoms with Crippen LogP contribution in [0.2, 0.25) is 0 Å². The summed E-state index contributed by atoms with van der Waals surface area (Å²) in [6.45, 7) is 5.63. The molecule has 6 heteroatoms. The van der Waals surface area contributed by atoms with E-state index in [0.29, 0.717) is 18.5 Å². The Morgan fingerprint density at radius 2 is 1.90 bits per heavy atom. The lowest BCUT2D eigenvalue weighted by Crippen LogP contribution is -2.43. The fourth-order valence-corrected chi connectivity index (χ4v) is 2.54. The molecule has 0 unspecified atom stereocenters. The highest BCUT2D eigenvalue weighted by Crippen LogP contribution is 2.26. The first-order chi connectivity index (χ1) is 9.84. The van der Waals surface area contributed by atoms with E-state index in [1.165, 1.54) is 0 Å². The molecular formula is C15H21BrN2O3. The van der Waals surface area contributed by atoms with Crippen molar-refractivity contribution in [3.8, 4) is 0 Å². The Kier molecular flexibility index (Phi) is 6.20. The predicted molar refractivity (Wildman–Crippen MR) is 86.6 cm³/mol. The fraction of sp³-hybridized carbons (Fsp3) is 0.467. The van der Waals surface area contributed by atoms with Crippen LogP contribution in [-0.2, 0) is 4.79 Å². The van der Waals surface area contributed by atoms with Crippen molar-refractivity contribution in [2.24, 2.45) is 5.41 Å². The Morgan fingerprint density at radius 1 is 1.29 bits per heavy atom. The van der Waals surface area contributed by atoms with E-state index in [1.807, 2.05) is 32.9 Å². The predicted octanol–water partition coefficient (Wildman–Crippen LogP) is 3.77. The lowest BCUT2D eigenvalue weighted by molar-refractivity contribution is -0.149. The molecule has 0 atom stereocenters. The molecule has 0 fully saturated rings. The zero-order chi connectivity index (χ0) is 16.0. The average molecular weight is 357 g/mol. The lowest BCUT2D eigenvalue weighted by atomic mass is 9.82. The van der Waals surface area contributed by atoms with Gasteiger partial charge < -0.3 is 15.7 Å². The molecule has 0 spiro atoms. The smallest absolute Gasteiger partial charge is 0.319 e. The molecule has 0 heterocycles. The van der Waals surface area contributed by atoms with Gasteiger partial charge in [-0.05, 0) is 43.5 Å². The Morgan fingerprint density at radius 3 is 2.38 bits per heavy atom. The molecule has 1 aromatic carbocycles. The van der Waals surface area contributed by atoms with Crippen LogP contribution in [0, 0.1) is 12.3 Å². The fourth-order valence-electron chi connectivity index (χ4n) is 2.06. The van der Waals surface area contributed by atoms with Crippen LogP contribution in [0.15, 0.2) is 22.7 Å². The Hall–Kier alpha value is -1.56. The molecule has 5 nitrogen and oxygen atoms in total. The molecule has 0 saturated heterocycles. The van der Waals surface area contributed by atoms with Crippen LogP contribution < -0.4 is 10.6 Å². The third-order valence-corrected chi connectivity index (χ3v) is 4.32. The van der Waals surface area contributed by atoms with Gasteiger partial charge in [0.15, 0.2) is 0 Å². The normalized spacial score (nSPS) is 11.0. The Bertz CT molecular complexity index is 528. The van der Waals surface area contributed by atoms with Crippen molar-refractivity contribution in [1.82, 2.24) is 5.32 Å². The van der Waals surface area contributed by atoms with E-state index in [2.05, 4.69) is 26.6 Å². The van der Waals surface area contributed by atoms with Gasteiger partial charge in [-0.25, -0.2) is 4.79 Å². The summed E-state index contributed by atoms with van der Waals surface area (Å²) in [6, 6.07) is 5.13. The molecule has 0 aliphatic carbocycles. The van der Waals surface area contributed by atoms with E-state index in [-0.39, 0.29) is 6.54 Å². The lowest BCUT2D eigenvalue weighted by Gasteiger charge is -2.26. The standard InChI is InChI=1S/C15H21BrN2O3/c1-4-15(5-2,13(19)20)9-17-14(21)18-12-7-6-11(16)8-10(12)3/h6-8H,4-5,9H2,1-3H3,(H,19,20)(H2,17,18,21). The van der Waals surface area contributed by atoms with Gasteiger partial charge in [-0.1, -0.05) is 29.8 Å². The topological polar surface area (TPSA) is 78.4 Å². The van der Waals surface area contributed by atoms with Gasteiger partial charge in [0.25, 0.3) is 0 Å². The highest BCUT2D eigenvalue weighted by molar-refractivity contribution is 9.10. The van der Waals surface area contributed by atoms with Crippen LogP contribution in [0.5, 0.6) is 0 Å². The first-order valence-electron chi connectivity index (χ1n) is 6.89. The first kappa shape index (κ1) is 17.5. The monoisotopic (exact) mass is 356 g/mol. The summed E-state index contributed by atoms with van der Waals surface area (Å²) < 4.78 is 0.938. The van der Waals surface area contributed by atoms with E-state index in [4.69, 9.17) is 0 Å². The van der Waals surface area contributed by atoms with Crippen LogP contribution in [0.25, 0.3) is 0 Å². The van der Waals surface area contributed by atoms with Gasteiger partial charge in [0.2, 0.25) is 0 Å². The average Bonchev–Trinajstić information content (AvgIpc) is 2.43. The van der Waals surface area contributed by atoms with E-state index in [9.17, 15) is 14.7 Å². The van der Waals surface area contributed by atoms with E-state index < -0.39 is 17.4 Å². The number of carboxylic acids is 1. The van der Waals surface area contributed by atoms with Crippen LogP contribution >= 0.6 is 15.9 Å². The zero-order valence-corrected chi connectivity index (χ0v) is 14.1. The van der Waals surface area contributed by atoms with Crippen molar-refractivity contribution in [1.29, 1.82) is 0 Å². The van der Waals surface area contributed by atoms with Gasteiger partial charge in [-0.3, -0.25) is 4.79 Å². The number of carbonyl (C=O) groups excluding carboxylic acids is 1. The van der Waals surface area contributed by atoms with E-state index in [0.717, 1.165) is 10.0 Å². The van der Waals surface area contributed by atoms with Crippen molar-refractivity contribution >= 4 is 33.6 Å². The summed E-state index contributed by atoms with van der Waals surface area (Å²) in [5, 5.41) is 14.7. The second kappa shape index (κ2) is 7.45. The van der Waals surface area contributed by atoms with Gasteiger partial charge in [0, 0.05) is 16.7 Å². The number of nitrogens with one attached hydrogen (secondary N) is 2. The number of aliphatic carboxylic acids is 1. The Labute approximate surface area is 133 Å². The maximum Gasteiger partial charge on any atom is 0.319 e. The second-order valence-electron chi connectivity index (χ2n) is 5.06. The zero-order valence-electron chi connectivity index (χ0n) is 12.5. The Balaban J connectivity index is 2.67. The number of urea groups is 1. The minimum atomic E-state index is -0.911. The quantitative estimate of drug-likeness (QED) is 0.725. The number of rotatable bonds is 6. The summed E-state index contributed by atoms with van der Waals surface area (Å²) in [5.74, 6) is -0.882. The van der Waals surface area contributed by atoms with Crippen molar-refractivity contribution in [3.63, 3.8) is 0 Å². The van der Waals surface area contributed by atoms with Crippen LogP contribution in [0.3, 0.4) is 0 Å². The highest BCUT2D eigenvalue weighted by Gasteiger charge is 2.35. The summed E-state index contributed by atoms with van der Waals surface area (Å²) in [7, 11) is 0. The molecule has 0 aromatic heterocycles. The number of amides is 2. The molecule has 3 N–H and O–H groups in total. The van der Waals surface area contributed by atoms with E-state index >= 15 is 0 Å². The molecule has 116 valence electrons. The van der Waals surface area contributed by atoms with Gasteiger partial charge in [-0.15, -0.1) is 0 Å². The molecule has 0 aliphatic rings. The SMILES string of the molecule is CCC(CC)(CNC(=O)Nc1ccc(Br)cc1C)C(=O)O. The molecule has 0 saturated carbocycles. The second-order valence-corrected chi connectivity index (χ2v) is 5.98. The molecule has 21 heavy (non-hydrogen) atoms. The van der Waals surface area contributed by atoms with Gasteiger partial charge in [0.1, 0.15) is 0 Å². The van der Waals surface area contributed by atoms with Crippen molar-refractivity contribution < 1.29 is 14.7 Å².